The molecule has 1 amide bonds. The average Bonchev–Trinajstić information content (AvgIpc) is 3.39. The van der Waals surface area contributed by atoms with E-state index in [4.69, 9.17) is 4.74 Å². The van der Waals surface area contributed by atoms with Gasteiger partial charge in [-0.25, -0.2) is 24.3 Å². The average molecular weight is 523 g/mol. The van der Waals surface area contributed by atoms with Crippen LogP contribution < -0.4 is 15.4 Å². The number of hydrogen-bond donors (Lipinski definition) is 3. The number of nitrogens with zero attached hydrogens (tertiary/aromatic N) is 4. The normalized spacial score (nSPS) is 11.4. The smallest absolute Gasteiger partial charge is 0.420 e. The number of imidazole rings is 1. The monoisotopic (exact) mass is 523 g/mol. The number of hydrogen-bond acceptors (Lipinski definition) is 7. The molecule has 9 nitrogen and oxygen atoms in total. The number of para-hydroxylation sites is 1. The lowest BCUT2D eigenvalue weighted by atomic mass is 10.1. The summed E-state index contributed by atoms with van der Waals surface area (Å²) in [6, 6.07) is 10.4. The molecule has 0 saturated carbocycles. The maximum absolute atomic E-state index is 14.1. The summed E-state index contributed by atoms with van der Waals surface area (Å²) in [5.74, 6) is -2.14. The minimum absolute atomic E-state index is 0.119. The first-order chi connectivity index (χ1) is 18.3. The molecule has 192 valence electrons. The standard InChI is InChI=1S/C25H17F4N7O2/c1-38-21-15(25(27,28)29)9-13(24(37)36-17-7-3-2-6-16(17)26)10-18(21)35-22-14(5-4-8-30-22)19-20-23(33-11-31-19)34-12-32-20/h2-12H,1H3,(H,30,35)(H,36,37)(H,31,32,33,34). The van der Waals surface area contributed by atoms with Crippen LogP contribution in [0.5, 0.6) is 5.75 Å². The number of halogens is 4. The van der Waals surface area contributed by atoms with Crippen LogP contribution in [0.3, 0.4) is 0 Å². The van der Waals surface area contributed by atoms with Gasteiger partial charge in [0.25, 0.3) is 5.91 Å². The summed E-state index contributed by atoms with van der Waals surface area (Å²) in [5, 5.41) is 5.14. The SMILES string of the molecule is COc1c(Nc2ncccc2-c2ncnc3[nH]cnc23)cc(C(=O)Nc2ccccc2F)cc1C(F)(F)F. The molecule has 38 heavy (non-hydrogen) atoms. The van der Waals surface area contributed by atoms with Gasteiger partial charge in [-0.3, -0.25) is 4.79 Å². The van der Waals surface area contributed by atoms with Crippen LogP contribution in [0, 0.1) is 5.82 Å². The van der Waals surface area contributed by atoms with E-state index in [-0.39, 0.29) is 17.2 Å². The third-order valence-corrected chi connectivity index (χ3v) is 5.52. The van der Waals surface area contributed by atoms with E-state index in [0.29, 0.717) is 28.5 Å². The van der Waals surface area contributed by atoms with Crippen molar-refractivity contribution in [1.82, 2.24) is 24.9 Å². The maximum Gasteiger partial charge on any atom is 0.420 e. The summed E-state index contributed by atoms with van der Waals surface area (Å²) >= 11 is 0. The van der Waals surface area contributed by atoms with Crippen molar-refractivity contribution in [3.05, 3.63) is 84.3 Å². The molecule has 2 aromatic carbocycles. The lowest BCUT2D eigenvalue weighted by Gasteiger charge is -2.19. The maximum atomic E-state index is 14.1. The third kappa shape index (κ3) is 4.68. The van der Waals surface area contributed by atoms with E-state index in [9.17, 15) is 22.4 Å². The zero-order chi connectivity index (χ0) is 26.9. The molecular formula is C25H17F4N7O2. The van der Waals surface area contributed by atoms with Gasteiger partial charge in [-0.05, 0) is 36.4 Å². The molecule has 3 heterocycles. The molecule has 5 aromatic rings. The van der Waals surface area contributed by atoms with E-state index in [1.54, 1.807) is 12.1 Å². The second-order valence-electron chi connectivity index (χ2n) is 7.88. The molecule has 13 heteroatoms. The number of fused-ring (bicyclic) bond motifs is 1. The molecule has 0 spiro atoms. The van der Waals surface area contributed by atoms with Gasteiger partial charge in [0.2, 0.25) is 0 Å². The topological polar surface area (TPSA) is 118 Å². The largest absolute Gasteiger partial charge is 0.494 e. The van der Waals surface area contributed by atoms with Crippen molar-refractivity contribution in [2.45, 2.75) is 6.18 Å². The van der Waals surface area contributed by atoms with Crippen LogP contribution in [0.25, 0.3) is 22.4 Å². The fraction of sp³-hybridized carbons (Fsp3) is 0.0800. The number of aromatic amines is 1. The summed E-state index contributed by atoms with van der Waals surface area (Å²) in [4.78, 5) is 32.6. The van der Waals surface area contributed by atoms with Gasteiger partial charge < -0.3 is 20.4 Å². The first-order valence-corrected chi connectivity index (χ1v) is 11.0. The number of methoxy groups -OCH3 is 1. The fourth-order valence-electron chi connectivity index (χ4n) is 3.83. The molecule has 0 unspecified atom stereocenters. The molecule has 5 rings (SSSR count). The van der Waals surface area contributed by atoms with Crippen LogP contribution in [-0.2, 0) is 6.18 Å². The first kappa shape index (κ1) is 24.6. The predicted octanol–water partition coefficient (Wildman–Crippen LogP) is 5.58. The van der Waals surface area contributed by atoms with Gasteiger partial charge in [-0.15, -0.1) is 0 Å². The molecule has 0 aliphatic heterocycles. The zero-order valence-electron chi connectivity index (χ0n) is 19.5. The van der Waals surface area contributed by atoms with Crippen molar-refractivity contribution in [2.75, 3.05) is 17.7 Å². The Balaban J connectivity index is 1.61. The van der Waals surface area contributed by atoms with E-state index in [1.807, 2.05) is 0 Å². The number of amides is 1. The van der Waals surface area contributed by atoms with Gasteiger partial charge in [0, 0.05) is 17.3 Å². The third-order valence-electron chi connectivity index (χ3n) is 5.52. The Kier molecular flexibility index (Phi) is 6.33. The molecule has 0 radical (unpaired) electrons. The lowest BCUT2D eigenvalue weighted by molar-refractivity contribution is -0.138. The van der Waals surface area contributed by atoms with E-state index in [2.05, 4.69) is 35.6 Å². The van der Waals surface area contributed by atoms with Crippen LogP contribution in [0.4, 0.5) is 34.8 Å². The van der Waals surface area contributed by atoms with Crippen molar-refractivity contribution in [2.24, 2.45) is 0 Å². The van der Waals surface area contributed by atoms with Crippen molar-refractivity contribution >= 4 is 34.3 Å². The van der Waals surface area contributed by atoms with Crippen LogP contribution in [0.15, 0.2) is 67.4 Å². The highest BCUT2D eigenvalue weighted by Gasteiger charge is 2.37. The summed E-state index contributed by atoms with van der Waals surface area (Å²) in [6.45, 7) is 0. The quantitative estimate of drug-likeness (QED) is 0.249. The van der Waals surface area contributed by atoms with Gasteiger partial charge in [-0.2, -0.15) is 13.2 Å². The number of anilines is 3. The Hall–Kier alpha value is -5.07. The number of aromatic nitrogens is 5. The van der Waals surface area contributed by atoms with E-state index in [1.165, 1.54) is 37.1 Å². The number of benzene rings is 2. The van der Waals surface area contributed by atoms with E-state index < -0.39 is 34.8 Å². The Morgan fingerprint density at radius 1 is 1.00 bits per heavy atom. The van der Waals surface area contributed by atoms with Crippen LogP contribution in [-0.4, -0.2) is 37.9 Å². The Labute approximate surface area is 212 Å². The number of nitrogens with one attached hydrogen (secondary N) is 3. The fourth-order valence-corrected chi connectivity index (χ4v) is 3.83. The number of carbonyl (C=O) groups excluding carboxylic acids is 1. The Morgan fingerprint density at radius 2 is 1.82 bits per heavy atom. The highest BCUT2D eigenvalue weighted by atomic mass is 19.4. The molecule has 3 N–H and O–H groups in total. The number of H-pyrrole nitrogens is 1. The van der Waals surface area contributed by atoms with Crippen LogP contribution in [0.1, 0.15) is 15.9 Å². The Bertz CT molecular complexity index is 1650. The molecule has 0 saturated heterocycles. The van der Waals surface area contributed by atoms with Crippen molar-refractivity contribution in [3.8, 4) is 17.0 Å². The summed E-state index contributed by atoms with van der Waals surface area (Å²) in [5.41, 5.74) is -0.336. The summed E-state index contributed by atoms with van der Waals surface area (Å²) in [7, 11) is 1.08. The van der Waals surface area contributed by atoms with Gasteiger partial charge in [0.1, 0.15) is 34.7 Å². The van der Waals surface area contributed by atoms with E-state index >= 15 is 0 Å². The van der Waals surface area contributed by atoms with Gasteiger partial charge in [0.05, 0.1) is 24.8 Å². The molecule has 0 fully saturated rings. The van der Waals surface area contributed by atoms with Gasteiger partial charge >= 0.3 is 6.18 Å². The van der Waals surface area contributed by atoms with Crippen molar-refractivity contribution < 1.29 is 27.1 Å². The Morgan fingerprint density at radius 3 is 2.58 bits per heavy atom. The summed E-state index contributed by atoms with van der Waals surface area (Å²) in [6.07, 6.45) is -0.706. The van der Waals surface area contributed by atoms with Crippen LogP contribution in [0.2, 0.25) is 0 Å². The predicted molar refractivity (Wildman–Crippen MR) is 131 cm³/mol. The van der Waals surface area contributed by atoms with Gasteiger partial charge in [-0.1, -0.05) is 12.1 Å². The molecular weight excluding hydrogens is 506 g/mol. The second kappa shape index (κ2) is 9.76. The van der Waals surface area contributed by atoms with Gasteiger partial charge in [0.15, 0.2) is 11.4 Å². The van der Waals surface area contributed by atoms with Crippen molar-refractivity contribution in [1.29, 1.82) is 0 Å². The molecule has 0 aliphatic carbocycles. The number of pyridine rings is 1. The number of carbonyl (C=O) groups is 1. The highest BCUT2D eigenvalue weighted by molar-refractivity contribution is 6.05. The lowest BCUT2D eigenvalue weighted by Crippen LogP contribution is -2.17. The minimum atomic E-state index is -4.88. The molecule has 0 aliphatic rings. The van der Waals surface area contributed by atoms with Crippen molar-refractivity contribution in [3.63, 3.8) is 0 Å². The number of ether oxygens (including phenoxy) is 1. The highest BCUT2D eigenvalue weighted by Crippen LogP contribution is 2.43. The molecule has 0 bridgehead atoms. The first-order valence-electron chi connectivity index (χ1n) is 11.0. The molecule has 0 atom stereocenters. The second-order valence-corrected chi connectivity index (χ2v) is 7.88. The zero-order valence-corrected chi connectivity index (χ0v) is 19.5. The summed E-state index contributed by atoms with van der Waals surface area (Å²) < 4.78 is 61.2. The van der Waals surface area contributed by atoms with E-state index in [0.717, 1.165) is 19.2 Å². The number of alkyl halides is 3. The number of rotatable bonds is 6. The molecule has 3 aromatic heterocycles. The minimum Gasteiger partial charge on any atom is -0.494 e. The van der Waals surface area contributed by atoms with Crippen LogP contribution >= 0.6 is 0 Å².